The van der Waals surface area contributed by atoms with Gasteiger partial charge >= 0.3 is 0 Å². The van der Waals surface area contributed by atoms with Crippen LogP contribution in [0.2, 0.25) is 0 Å². The van der Waals surface area contributed by atoms with Crippen molar-refractivity contribution >= 4 is 5.70 Å². The van der Waals surface area contributed by atoms with Gasteiger partial charge in [0.15, 0.2) is 0 Å². The highest BCUT2D eigenvalue weighted by Crippen LogP contribution is 2.27. The molecule has 2 aromatic rings. The van der Waals surface area contributed by atoms with Crippen LogP contribution in [0.1, 0.15) is 12.5 Å². The molecule has 0 spiro atoms. The Morgan fingerprint density at radius 2 is 1.50 bits per heavy atom. The quantitative estimate of drug-likeness (QED) is 0.764. The van der Waals surface area contributed by atoms with E-state index in [-0.39, 0.29) is 0 Å². The highest BCUT2D eigenvalue weighted by atomic mass is 15.1. The molecule has 100 valence electrons. The lowest BCUT2D eigenvalue weighted by atomic mass is 10.00. The molecule has 0 unspecified atom stereocenters. The molecule has 0 N–H and O–H groups in total. The molecule has 0 atom stereocenters. The van der Waals surface area contributed by atoms with E-state index in [2.05, 4.69) is 85.6 Å². The van der Waals surface area contributed by atoms with Crippen molar-refractivity contribution < 1.29 is 0 Å². The smallest absolute Gasteiger partial charge is 0.0440 e. The zero-order valence-corrected chi connectivity index (χ0v) is 12.0. The van der Waals surface area contributed by atoms with Crippen molar-refractivity contribution in [2.45, 2.75) is 6.92 Å². The van der Waals surface area contributed by atoms with Gasteiger partial charge in [0, 0.05) is 19.3 Å². The van der Waals surface area contributed by atoms with E-state index in [0.717, 1.165) is 6.54 Å². The molecule has 1 heterocycles. The largest absolute Gasteiger partial charge is 0.370 e. The molecule has 1 heteroatoms. The molecule has 3 rings (SSSR count). The van der Waals surface area contributed by atoms with Crippen LogP contribution in [-0.4, -0.2) is 18.5 Å². The molecule has 0 aliphatic carbocycles. The van der Waals surface area contributed by atoms with Crippen molar-refractivity contribution in [2.75, 3.05) is 13.6 Å². The van der Waals surface area contributed by atoms with Crippen molar-refractivity contribution in [2.24, 2.45) is 0 Å². The van der Waals surface area contributed by atoms with E-state index in [1.807, 2.05) is 0 Å². The van der Waals surface area contributed by atoms with Gasteiger partial charge in [-0.25, -0.2) is 0 Å². The minimum absolute atomic E-state index is 1.00. The predicted octanol–water partition coefficient (Wildman–Crippen LogP) is 4.59. The fraction of sp³-hybridized carbons (Fsp3) is 0.158. The molecule has 0 bridgehead atoms. The van der Waals surface area contributed by atoms with Crippen LogP contribution in [0.4, 0.5) is 0 Å². The maximum atomic E-state index is 2.30. The summed E-state index contributed by atoms with van der Waals surface area (Å²) in [6.07, 6.45) is 4.42. The second-order valence-corrected chi connectivity index (χ2v) is 5.37. The molecule has 0 amide bonds. The van der Waals surface area contributed by atoms with Crippen molar-refractivity contribution in [3.63, 3.8) is 0 Å². The van der Waals surface area contributed by atoms with Crippen LogP contribution in [0.25, 0.3) is 16.8 Å². The van der Waals surface area contributed by atoms with Crippen molar-refractivity contribution in [3.8, 4) is 11.1 Å². The van der Waals surface area contributed by atoms with E-state index in [1.165, 1.54) is 28.0 Å². The van der Waals surface area contributed by atoms with Gasteiger partial charge in [-0.1, -0.05) is 60.2 Å². The normalized spacial score (nSPS) is 14.8. The zero-order valence-electron chi connectivity index (χ0n) is 12.0. The van der Waals surface area contributed by atoms with Crippen LogP contribution in [0, 0.1) is 0 Å². The summed E-state index contributed by atoms with van der Waals surface area (Å²) in [5.74, 6) is 0. The second kappa shape index (κ2) is 5.38. The lowest BCUT2D eigenvalue weighted by molar-refractivity contribution is 0.516. The van der Waals surface area contributed by atoms with Crippen molar-refractivity contribution in [1.82, 2.24) is 4.90 Å². The van der Waals surface area contributed by atoms with Crippen LogP contribution in [0.15, 0.2) is 72.3 Å². The fourth-order valence-corrected chi connectivity index (χ4v) is 2.67. The maximum Gasteiger partial charge on any atom is 0.0440 e. The van der Waals surface area contributed by atoms with E-state index in [9.17, 15) is 0 Å². The van der Waals surface area contributed by atoms with E-state index >= 15 is 0 Å². The Morgan fingerprint density at radius 3 is 2.25 bits per heavy atom. The number of hydrogen-bond donors (Lipinski definition) is 0. The maximum absolute atomic E-state index is 2.30. The number of hydrogen-bond acceptors (Lipinski definition) is 1. The molecular weight excluding hydrogens is 242 g/mol. The summed E-state index contributed by atoms with van der Waals surface area (Å²) in [6.45, 7) is 3.17. The van der Waals surface area contributed by atoms with Gasteiger partial charge in [0.2, 0.25) is 0 Å². The van der Waals surface area contributed by atoms with Crippen LogP contribution in [-0.2, 0) is 0 Å². The van der Waals surface area contributed by atoms with Crippen molar-refractivity contribution in [3.05, 3.63) is 77.9 Å². The van der Waals surface area contributed by atoms with Crippen LogP contribution >= 0.6 is 0 Å². The lowest BCUT2D eigenvalue weighted by Gasteiger charge is -2.26. The van der Waals surface area contributed by atoms with E-state index in [0.29, 0.717) is 0 Å². The van der Waals surface area contributed by atoms with Gasteiger partial charge in [-0.15, -0.1) is 0 Å². The van der Waals surface area contributed by atoms with Crippen LogP contribution in [0.5, 0.6) is 0 Å². The molecular formula is C19H19N. The van der Waals surface area contributed by atoms with Gasteiger partial charge in [-0.05, 0) is 35.8 Å². The van der Waals surface area contributed by atoms with Gasteiger partial charge in [0.05, 0.1) is 0 Å². The minimum Gasteiger partial charge on any atom is -0.370 e. The number of benzene rings is 2. The number of rotatable bonds is 2. The Morgan fingerprint density at radius 1 is 0.800 bits per heavy atom. The van der Waals surface area contributed by atoms with Crippen LogP contribution < -0.4 is 0 Å². The standard InChI is InChI=1S/C19H19N/c1-15-11-12-19(20(2)14-15)18-10-6-9-17(13-18)16-7-4-3-5-8-16/h3-13H,14H2,1-2H3. The molecule has 2 aromatic carbocycles. The SMILES string of the molecule is CC1=CC=C(c2cccc(-c3ccccc3)c2)N(C)C1. The number of allylic oxidation sites excluding steroid dienone is 2. The Balaban J connectivity index is 2.00. The Hall–Kier alpha value is -2.28. The molecule has 0 fully saturated rings. The first-order chi connectivity index (χ1) is 9.74. The highest BCUT2D eigenvalue weighted by molar-refractivity contribution is 5.73. The predicted molar refractivity (Wildman–Crippen MR) is 86.2 cm³/mol. The molecule has 1 aliphatic rings. The summed E-state index contributed by atoms with van der Waals surface area (Å²) in [6, 6.07) is 19.3. The third-order valence-electron chi connectivity index (χ3n) is 3.69. The Kier molecular flexibility index (Phi) is 3.42. The highest BCUT2D eigenvalue weighted by Gasteiger charge is 2.11. The molecule has 1 aliphatic heterocycles. The van der Waals surface area contributed by atoms with Gasteiger partial charge in [0.1, 0.15) is 0 Å². The Labute approximate surface area is 120 Å². The Bertz CT molecular complexity index is 665. The first kappa shape index (κ1) is 12.7. The van der Waals surface area contributed by atoms with Gasteiger partial charge in [0.25, 0.3) is 0 Å². The summed E-state index contributed by atoms with van der Waals surface area (Å²) in [7, 11) is 2.15. The molecule has 20 heavy (non-hydrogen) atoms. The first-order valence-electron chi connectivity index (χ1n) is 6.98. The first-order valence-corrected chi connectivity index (χ1v) is 6.98. The third-order valence-corrected chi connectivity index (χ3v) is 3.69. The van der Waals surface area contributed by atoms with Crippen LogP contribution in [0.3, 0.4) is 0 Å². The monoisotopic (exact) mass is 261 g/mol. The van der Waals surface area contributed by atoms with E-state index in [4.69, 9.17) is 0 Å². The van der Waals surface area contributed by atoms with Gasteiger partial charge in [-0.2, -0.15) is 0 Å². The van der Waals surface area contributed by atoms with E-state index in [1.54, 1.807) is 0 Å². The lowest BCUT2D eigenvalue weighted by Crippen LogP contribution is -2.21. The average Bonchev–Trinajstić information content (AvgIpc) is 2.48. The van der Waals surface area contributed by atoms with Gasteiger partial charge in [-0.3, -0.25) is 0 Å². The second-order valence-electron chi connectivity index (χ2n) is 5.37. The summed E-state index contributed by atoms with van der Waals surface area (Å²) in [5.41, 5.74) is 6.49. The fourth-order valence-electron chi connectivity index (χ4n) is 2.67. The van der Waals surface area contributed by atoms with Crippen molar-refractivity contribution in [1.29, 1.82) is 0 Å². The topological polar surface area (TPSA) is 3.24 Å². The molecule has 0 aromatic heterocycles. The molecule has 0 saturated heterocycles. The average molecular weight is 261 g/mol. The van der Waals surface area contributed by atoms with E-state index < -0.39 is 0 Å². The summed E-state index contributed by atoms with van der Waals surface area (Å²) in [5, 5.41) is 0. The number of likely N-dealkylation sites (N-methyl/N-ethyl adjacent to an activating group) is 1. The summed E-state index contributed by atoms with van der Waals surface area (Å²) >= 11 is 0. The van der Waals surface area contributed by atoms with Gasteiger partial charge < -0.3 is 4.90 Å². The molecule has 1 nitrogen and oxygen atoms in total. The molecule has 0 radical (unpaired) electrons. The zero-order chi connectivity index (χ0) is 13.9. The summed E-state index contributed by atoms with van der Waals surface area (Å²) in [4.78, 5) is 2.30. The summed E-state index contributed by atoms with van der Waals surface area (Å²) < 4.78 is 0. The number of nitrogens with zero attached hydrogens (tertiary/aromatic N) is 1. The molecule has 0 saturated carbocycles. The third kappa shape index (κ3) is 2.53. The minimum atomic E-state index is 1.00.